The van der Waals surface area contributed by atoms with Gasteiger partial charge in [0.1, 0.15) is 11.5 Å². The monoisotopic (exact) mass is 125 g/mol. The van der Waals surface area contributed by atoms with Crippen LogP contribution < -0.4 is 0 Å². The minimum atomic E-state index is -0.326. The molecule has 0 saturated carbocycles. The molecule has 2 nitrogen and oxygen atoms in total. The van der Waals surface area contributed by atoms with E-state index < -0.39 is 0 Å². The van der Waals surface area contributed by atoms with Crippen molar-refractivity contribution in [1.82, 2.24) is 10.2 Å². The molecule has 1 radical (unpaired) electrons. The molecule has 0 spiro atoms. The van der Waals surface area contributed by atoms with Gasteiger partial charge in [0.2, 0.25) is 0 Å². The van der Waals surface area contributed by atoms with Crippen molar-refractivity contribution in [3.8, 4) is 0 Å². The molecule has 0 bridgehead atoms. The highest BCUT2D eigenvalue weighted by Gasteiger charge is 1.97. The maximum absolute atomic E-state index is 12.5. The van der Waals surface area contributed by atoms with Gasteiger partial charge >= 0.3 is 0 Å². The van der Waals surface area contributed by atoms with Crippen LogP contribution in [0.1, 0.15) is 12.6 Å². The van der Waals surface area contributed by atoms with Crippen LogP contribution in [0.25, 0.3) is 0 Å². The zero-order chi connectivity index (χ0) is 6.69. The minimum Gasteiger partial charge on any atom is -0.205 e. The Labute approximate surface area is 52.7 Å². The van der Waals surface area contributed by atoms with Gasteiger partial charge in [0.25, 0.3) is 0 Å². The van der Waals surface area contributed by atoms with Crippen LogP contribution in [0.5, 0.6) is 0 Å². The molecule has 47 valence electrons. The highest BCUT2D eigenvalue weighted by atomic mass is 19.1. The molecule has 0 aliphatic rings. The first kappa shape index (κ1) is 6.13. The Morgan fingerprint density at radius 1 is 1.67 bits per heavy atom. The SMILES string of the molecule is C[CH]c1nnccc1F. The molecule has 1 aromatic rings. The molecule has 0 unspecified atom stereocenters. The van der Waals surface area contributed by atoms with E-state index >= 15 is 0 Å². The molecule has 0 aliphatic heterocycles. The molecule has 0 saturated heterocycles. The van der Waals surface area contributed by atoms with Crippen LogP contribution in [0.4, 0.5) is 4.39 Å². The normalized spacial score (nSPS) is 9.56. The quantitative estimate of drug-likeness (QED) is 0.563. The van der Waals surface area contributed by atoms with Gasteiger partial charge in [-0.3, -0.25) is 0 Å². The summed E-state index contributed by atoms with van der Waals surface area (Å²) in [6.07, 6.45) is 2.89. The highest BCUT2D eigenvalue weighted by Crippen LogP contribution is 2.01. The largest absolute Gasteiger partial charge is 0.205 e. The zero-order valence-corrected chi connectivity index (χ0v) is 5.00. The summed E-state index contributed by atoms with van der Waals surface area (Å²) >= 11 is 0. The van der Waals surface area contributed by atoms with Crippen molar-refractivity contribution >= 4 is 0 Å². The number of nitrogens with zero attached hydrogens (tertiary/aromatic N) is 2. The molecule has 9 heavy (non-hydrogen) atoms. The average Bonchev–Trinajstić information content (AvgIpc) is 1.89. The first-order valence-electron chi connectivity index (χ1n) is 2.61. The van der Waals surface area contributed by atoms with Crippen LogP contribution in [0, 0.1) is 12.2 Å². The van der Waals surface area contributed by atoms with Crippen LogP contribution in [-0.2, 0) is 0 Å². The predicted molar refractivity (Wildman–Crippen MR) is 31.1 cm³/mol. The second-order valence-electron chi connectivity index (χ2n) is 1.55. The molecule has 0 N–H and O–H groups in total. The van der Waals surface area contributed by atoms with E-state index in [2.05, 4.69) is 10.2 Å². The lowest BCUT2D eigenvalue weighted by molar-refractivity contribution is 0.604. The molecule has 0 aliphatic carbocycles. The van der Waals surface area contributed by atoms with Crippen molar-refractivity contribution in [3.63, 3.8) is 0 Å². The van der Waals surface area contributed by atoms with Gasteiger partial charge in [0.15, 0.2) is 0 Å². The van der Waals surface area contributed by atoms with Crippen molar-refractivity contribution < 1.29 is 4.39 Å². The number of rotatable bonds is 1. The van der Waals surface area contributed by atoms with Gasteiger partial charge in [-0.1, -0.05) is 6.92 Å². The van der Waals surface area contributed by atoms with Gasteiger partial charge in [-0.15, -0.1) is 0 Å². The van der Waals surface area contributed by atoms with E-state index in [0.29, 0.717) is 5.69 Å². The van der Waals surface area contributed by atoms with Gasteiger partial charge in [-0.05, 0) is 6.07 Å². The summed E-state index contributed by atoms with van der Waals surface area (Å²) in [5.41, 5.74) is 0.303. The van der Waals surface area contributed by atoms with Gasteiger partial charge < -0.3 is 0 Å². The van der Waals surface area contributed by atoms with E-state index in [-0.39, 0.29) is 5.82 Å². The van der Waals surface area contributed by atoms with Gasteiger partial charge in [0.05, 0.1) is 6.20 Å². The van der Waals surface area contributed by atoms with E-state index in [1.807, 2.05) is 0 Å². The standard InChI is InChI=1S/C6H6FN2/c1-2-6-5(7)3-4-8-9-6/h2-4H,1H3. The molecule has 0 amide bonds. The lowest BCUT2D eigenvalue weighted by Gasteiger charge is -1.91. The third kappa shape index (κ3) is 1.22. The van der Waals surface area contributed by atoms with Gasteiger partial charge in [-0.2, -0.15) is 10.2 Å². The molecule has 1 heterocycles. The fourth-order valence-corrected chi connectivity index (χ4v) is 0.523. The minimum absolute atomic E-state index is 0.303. The molecular weight excluding hydrogens is 119 g/mol. The fourth-order valence-electron chi connectivity index (χ4n) is 0.523. The number of halogens is 1. The van der Waals surface area contributed by atoms with Crippen molar-refractivity contribution in [2.45, 2.75) is 6.92 Å². The molecule has 1 aromatic heterocycles. The summed E-state index contributed by atoms with van der Waals surface area (Å²) in [4.78, 5) is 0. The maximum Gasteiger partial charge on any atom is 0.148 e. The lowest BCUT2D eigenvalue weighted by Crippen LogP contribution is -1.91. The van der Waals surface area contributed by atoms with Crippen LogP contribution in [-0.4, -0.2) is 10.2 Å². The average molecular weight is 125 g/mol. The Balaban J connectivity index is 3.01. The van der Waals surface area contributed by atoms with Crippen LogP contribution >= 0.6 is 0 Å². The Bertz CT molecular complexity index is 200. The van der Waals surface area contributed by atoms with Crippen LogP contribution in [0.3, 0.4) is 0 Å². The summed E-state index contributed by atoms with van der Waals surface area (Å²) in [6.45, 7) is 1.72. The molecule has 1 rings (SSSR count). The Morgan fingerprint density at radius 3 is 2.89 bits per heavy atom. The third-order valence-corrected chi connectivity index (χ3v) is 0.971. The Morgan fingerprint density at radius 2 is 2.44 bits per heavy atom. The molecule has 3 heteroatoms. The summed E-state index contributed by atoms with van der Waals surface area (Å²) in [6, 6.07) is 1.28. The smallest absolute Gasteiger partial charge is 0.148 e. The molecule has 0 aromatic carbocycles. The summed E-state index contributed by atoms with van der Waals surface area (Å²) in [5, 5.41) is 7.01. The van der Waals surface area contributed by atoms with Crippen LogP contribution in [0.2, 0.25) is 0 Å². The summed E-state index contributed by atoms with van der Waals surface area (Å²) in [7, 11) is 0. The first-order valence-corrected chi connectivity index (χ1v) is 2.61. The van der Waals surface area contributed by atoms with Crippen molar-refractivity contribution in [3.05, 3.63) is 30.2 Å². The Kier molecular flexibility index (Phi) is 1.72. The lowest BCUT2D eigenvalue weighted by atomic mass is 10.3. The number of hydrogen-bond donors (Lipinski definition) is 0. The molecular formula is C6H6FN2. The van der Waals surface area contributed by atoms with E-state index in [9.17, 15) is 4.39 Å². The van der Waals surface area contributed by atoms with E-state index in [1.54, 1.807) is 13.3 Å². The van der Waals surface area contributed by atoms with Gasteiger partial charge in [0, 0.05) is 6.42 Å². The van der Waals surface area contributed by atoms with Crippen molar-refractivity contribution in [2.24, 2.45) is 0 Å². The van der Waals surface area contributed by atoms with E-state index in [4.69, 9.17) is 0 Å². The van der Waals surface area contributed by atoms with E-state index in [1.165, 1.54) is 12.3 Å². The Hall–Kier alpha value is -0.990. The predicted octanol–water partition coefficient (Wildman–Crippen LogP) is 1.19. The molecule has 0 atom stereocenters. The highest BCUT2D eigenvalue weighted by molar-refractivity contribution is 5.10. The second kappa shape index (κ2) is 2.53. The number of hydrogen-bond acceptors (Lipinski definition) is 2. The molecule has 0 fully saturated rings. The fraction of sp³-hybridized carbons (Fsp3) is 0.167. The van der Waals surface area contributed by atoms with Crippen molar-refractivity contribution in [1.29, 1.82) is 0 Å². The third-order valence-electron chi connectivity index (χ3n) is 0.971. The zero-order valence-electron chi connectivity index (χ0n) is 5.00. The number of aromatic nitrogens is 2. The summed E-state index contributed by atoms with van der Waals surface area (Å²) in [5.74, 6) is -0.326. The van der Waals surface area contributed by atoms with Gasteiger partial charge in [-0.25, -0.2) is 4.39 Å². The second-order valence-corrected chi connectivity index (χ2v) is 1.55. The first-order chi connectivity index (χ1) is 4.34. The van der Waals surface area contributed by atoms with Crippen LogP contribution in [0.15, 0.2) is 12.3 Å². The van der Waals surface area contributed by atoms with Crippen molar-refractivity contribution in [2.75, 3.05) is 0 Å². The topological polar surface area (TPSA) is 25.8 Å². The van der Waals surface area contributed by atoms with E-state index in [0.717, 1.165) is 0 Å². The maximum atomic E-state index is 12.5. The summed E-state index contributed by atoms with van der Waals surface area (Å²) < 4.78 is 12.5.